The van der Waals surface area contributed by atoms with E-state index in [1.54, 1.807) is 6.07 Å². The summed E-state index contributed by atoms with van der Waals surface area (Å²) in [6.07, 6.45) is 0.891. The molecule has 0 fully saturated rings. The Morgan fingerprint density at radius 3 is 2.81 bits per heavy atom. The van der Waals surface area contributed by atoms with Crippen LogP contribution in [0.3, 0.4) is 0 Å². The molecule has 0 spiro atoms. The van der Waals surface area contributed by atoms with Gasteiger partial charge in [-0.3, -0.25) is 4.79 Å². The summed E-state index contributed by atoms with van der Waals surface area (Å²) in [6, 6.07) is 2.98. The number of carbonyl (C=O) groups excluding carboxylic acids is 1. The number of phenols is 2. The molecule has 0 saturated carbocycles. The first-order chi connectivity index (χ1) is 14.8. The second-order valence-corrected chi connectivity index (χ2v) is 9.14. The van der Waals surface area contributed by atoms with E-state index in [2.05, 4.69) is 22.4 Å². The number of aromatic hydroxyl groups is 2. The summed E-state index contributed by atoms with van der Waals surface area (Å²) in [5, 5.41) is 28.3. The van der Waals surface area contributed by atoms with Crippen LogP contribution in [0.2, 0.25) is 0 Å². The van der Waals surface area contributed by atoms with Crippen LogP contribution < -0.4 is 5.32 Å². The molecule has 1 aromatic carbocycles. The van der Waals surface area contributed by atoms with Gasteiger partial charge in [0.05, 0.1) is 16.8 Å². The molecular formula is C22H26N4O4S. The smallest absolute Gasteiger partial charge is 0.274 e. The number of benzene rings is 1. The summed E-state index contributed by atoms with van der Waals surface area (Å²) in [6.45, 7) is 7.86. The third-order valence-electron chi connectivity index (χ3n) is 5.39. The van der Waals surface area contributed by atoms with Crippen LogP contribution in [0, 0.1) is 0 Å². The van der Waals surface area contributed by atoms with E-state index >= 15 is 0 Å². The van der Waals surface area contributed by atoms with Gasteiger partial charge in [0.2, 0.25) is 0 Å². The average molecular weight is 443 g/mol. The summed E-state index contributed by atoms with van der Waals surface area (Å²) in [7, 11) is 2.05. The zero-order chi connectivity index (χ0) is 22.3. The van der Waals surface area contributed by atoms with Gasteiger partial charge in [-0.2, -0.15) is 0 Å². The molecule has 4 rings (SSSR count). The van der Waals surface area contributed by atoms with Crippen LogP contribution in [0.4, 0.5) is 0 Å². The van der Waals surface area contributed by atoms with E-state index in [0.29, 0.717) is 28.2 Å². The van der Waals surface area contributed by atoms with Gasteiger partial charge in [-0.25, -0.2) is 4.98 Å². The number of nitrogens with one attached hydrogen (secondary N) is 1. The van der Waals surface area contributed by atoms with Crippen molar-refractivity contribution in [3.8, 4) is 33.4 Å². The molecule has 31 heavy (non-hydrogen) atoms. The Balaban J connectivity index is 1.92. The maximum absolute atomic E-state index is 12.7. The van der Waals surface area contributed by atoms with Gasteiger partial charge in [0.1, 0.15) is 16.5 Å². The minimum absolute atomic E-state index is 0.00835. The van der Waals surface area contributed by atoms with E-state index in [-0.39, 0.29) is 34.8 Å². The minimum atomic E-state index is -0.361. The zero-order valence-corrected chi connectivity index (χ0v) is 18.8. The molecule has 9 heteroatoms. The quantitative estimate of drug-likeness (QED) is 0.552. The van der Waals surface area contributed by atoms with E-state index in [0.717, 1.165) is 25.2 Å². The first kappa shape index (κ1) is 21.3. The Morgan fingerprint density at radius 1 is 1.32 bits per heavy atom. The summed E-state index contributed by atoms with van der Waals surface area (Å²) < 4.78 is 5.62. The number of carbonyl (C=O) groups is 1. The molecule has 1 aliphatic heterocycles. The van der Waals surface area contributed by atoms with E-state index in [9.17, 15) is 15.0 Å². The van der Waals surface area contributed by atoms with Crippen molar-refractivity contribution in [2.24, 2.45) is 0 Å². The fourth-order valence-electron chi connectivity index (χ4n) is 3.75. The molecule has 0 bridgehead atoms. The molecule has 0 unspecified atom stereocenters. The Kier molecular flexibility index (Phi) is 5.72. The lowest BCUT2D eigenvalue weighted by molar-refractivity contribution is 0.0947. The predicted molar refractivity (Wildman–Crippen MR) is 119 cm³/mol. The second kappa shape index (κ2) is 8.32. The Labute approximate surface area is 184 Å². The lowest BCUT2D eigenvalue weighted by Crippen LogP contribution is -2.25. The van der Waals surface area contributed by atoms with E-state index in [1.165, 1.54) is 22.3 Å². The van der Waals surface area contributed by atoms with E-state index in [4.69, 9.17) is 9.51 Å². The van der Waals surface area contributed by atoms with Crippen LogP contribution in [-0.4, -0.2) is 51.3 Å². The maximum Gasteiger partial charge on any atom is 0.274 e. The highest BCUT2D eigenvalue weighted by Crippen LogP contribution is 2.44. The first-order valence-corrected chi connectivity index (χ1v) is 11.1. The number of fused-ring (bicyclic) bond motifs is 1. The molecule has 0 atom stereocenters. The lowest BCUT2D eigenvalue weighted by Gasteiger charge is -2.20. The standard InChI is InChI=1S/C22H26N4O4S/c1-5-23-21(29)19-18(22-24-14-10-26(4)7-6-17(14)31-22)20(30-25-19)13-8-12(11(2)3)15(27)9-16(13)28/h8-9,11,27-28H,5-7,10H2,1-4H3,(H,23,29). The Morgan fingerprint density at radius 2 is 2.10 bits per heavy atom. The van der Waals surface area contributed by atoms with Gasteiger partial charge in [-0.15, -0.1) is 11.3 Å². The minimum Gasteiger partial charge on any atom is -0.508 e. The van der Waals surface area contributed by atoms with Crippen LogP contribution in [0.25, 0.3) is 21.9 Å². The number of hydrogen-bond acceptors (Lipinski definition) is 8. The van der Waals surface area contributed by atoms with Crippen molar-refractivity contribution in [2.45, 2.75) is 39.7 Å². The van der Waals surface area contributed by atoms with Crippen LogP contribution in [-0.2, 0) is 13.0 Å². The Hall–Kier alpha value is -2.91. The molecule has 0 saturated heterocycles. The zero-order valence-electron chi connectivity index (χ0n) is 18.0. The van der Waals surface area contributed by atoms with Crippen molar-refractivity contribution in [3.63, 3.8) is 0 Å². The number of phenolic OH excluding ortho intramolecular Hbond substituents is 2. The molecule has 3 heterocycles. The highest BCUT2D eigenvalue weighted by molar-refractivity contribution is 7.15. The number of hydrogen-bond donors (Lipinski definition) is 3. The van der Waals surface area contributed by atoms with Crippen molar-refractivity contribution in [3.05, 3.63) is 34.0 Å². The van der Waals surface area contributed by atoms with Gasteiger partial charge >= 0.3 is 0 Å². The summed E-state index contributed by atoms with van der Waals surface area (Å²) in [5.41, 5.74) is 2.61. The van der Waals surface area contributed by atoms with Crippen LogP contribution in [0.5, 0.6) is 11.5 Å². The molecule has 3 aromatic rings. The third kappa shape index (κ3) is 3.90. The van der Waals surface area contributed by atoms with Crippen molar-refractivity contribution < 1.29 is 19.5 Å². The molecule has 0 aliphatic carbocycles. The first-order valence-electron chi connectivity index (χ1n) is 10.3. The number of thiazole rings is 1. The van der Waals surface area contributed by atoms with Crippen molar-refractivity contribution in [1.82, 2.24) is 20.4 Å². The monoisotopic (exact) mass is 442 g/mol. The fraction of sp³-hybridized carbons (Fsp3) is 0.409. The third-order valence-corrected chi connectivity index (χ3v) is 6.56. The highest BCUT2D eigenvalue weighted by atomic mass is 32.1. The van der Waals surface area contributed by atoms with Crippen molar-refractivity contribution in [1.29, 1.82) is 0 Å². The van der Waals surface area contributed by atoms with Crippen LogP contribution in [0.1, 0.15) is 53.3 Å². The van der Waals surface area contributed by atoms with Gasteiger partial charge < -0.3 is 25.0 Å². The van der Waals surface area contributed by atoms with E-state index < -0.39 is 0 Å². The second-order valence-electron chi connectivity index (χ2n) is 8.05. The fourth-order valence-corrected chi connectivity index (χ4v) is 4.85. The van der Waals surface area contributed by atoms with Gasteiger partial charge in [0, 0.05) is 30.6 Å². The average Bonchev–Trinajstić information content (AvgIpc) is 3.31. The van der Waals surface area contributed by atoms with E-state index in [1.807, 2.05) is 20.8 Å². The summed E-state index contributed by atoms with van der Waals surface area (Å²) in [4.78, 5) is 20.9. The van der Waals surface area contributed by atoms with Gasteiger partial charge in [0.15, 0.2) is 11.5 Å². The summed E-state index contributed by atoms with van der Waals surface area (Å²) >= 11 is 1.52. The van der Waals surface area contributed by atoms with Crippen LogP contribution in [0.15, 0.2) is 16.7 Å². The Bertz CT molecular complexity index is 1130. The molecule has 0 radical (unpaired) electrons. The molecule has 8 nitrogen and oxygen atoms in total. The van der Waals surface area contributed by atoms with Crippen LogP contribution >= 0.6 is 11.3 Å². The van der Waals surface area contributed by atoms with Gasteiger partial charge in [-0.05, 0) is 37.9 Å². The number of aromatic nitrogens is 2. The number of rotatable bonds is 5. The number of nitrogens with zero attached hydrogens (tertiary/aromatic N) is 3. The lowest BCUT2D eigenvalue weighted by atomic mass is 9.96. The van der Waals surface area contributed by atoms with Crippen molar-refractivity contribution >= 4 is 17.2 Å². The largest absolute Gasteiger partial charge is 0.508 e. The molecule has 2 aromatic heterocycles. The summed E-state index contributed by atoms with van der Waals surface area (Å²) in [5.74, 6) is -0.214. The molecular weight excluding hydrogens is 416 g/mol. The molecule has 1 aliphatic rings. The number of likely N-dealkylation sites (N-methyl/N-ethyl adjacent to an activating group) is 1. The van der Waals surface area contributed by atoms with Gasteiger partial charge in [0.25, 0.3) is 5.91 Å². The molecule has 164 valence electrons. The molecule has 3 N–H and O–H groups in total. The molecule has 1 amide bonds. The van der Waals surface area contributed by atoms with Crippen molar-refractivity contribution in [2.75, 3.05) is 20.1 Å². The predicted octanol–water partition coefficient (Wildman–Crippen LogP) is 3.74. The number of amides is 1. The highest BCUT2D eigenvalue weighted by Gasteiger charge is 2.30. The maximum atomic E-state index is 12.7. The SMILES string of the molecule is CCNC(=O)c1noc(-c2cc(C(C)C)c(O)cc2O)c1-c1nc2c(s1)CCN(C)C2. The van der Waals surface area contributed by atoms with Gasteiger partial charge in [-0.1, -0.05) is 19.0 Å². The normalized spacial score (nSPS) is 14.1. The topological polar surface area (TPSA) is 112 Å².